The predicted octanol–water partition coefficient (Wildman–Crippen LogP) is 4.84. The van der Waals surface area contributed by atoms with Crippen molar-refractivity contribution in [1.82, 2.24) is 19.6 Å². The van der Waals surface area contributed by atoms with E-state index in [1.807, 2.05) is 30.3 Å². The number of para-hydroxylation sites is 1. The molecule has 0 unspecified atom stereocenters. The maximum Gasteiger partial charge on any atom is 0.266 e. The van der Waals surface area contributed by atoms with Gasteiger partial charge >= 0.3 is 0 Å². The zero-order valence-electron chi connectivity index (χ0n) is 16.8. The molecule has 2 aromatic carbocycles. The third-order valence-corrected chi connectivity index (χ3v) is 6.91. The first-order valence-electron chi connectivity index (χ1n) is 9.36. The van der Waals surface area contributed by atoms with Crippen molar-refractivity contribution in [2.45, 2.75) is 25.3 Å². The van der Waals surface area contributed by atoms with E-state index in [2.05, 4.69) is 14.9 Å². The van der Waals surface area contributed by atoms with Crippen LogP contribution in [-0.2, 0) is 16.6 Å². The van der Waals surface area contributed by atoms with Gasteiger partial charge in [-0.05, 0) is 43.7 Å². The van der Waals surface area contributed by atoms with Crippen molar-refractivity contribution in [2.24, 2.45) is 0 Å². The topological polar surface area (TPSA) is 81.8 Å². The highest BCUT2D eigenvalue weighted by molar-refractivity contribution is 7.92. The summed E-state index contributed by atoms with van der Waals surface area (Å²) < 4.78 is 32.0. The Morgan fingerprint density at radius 1 is 1.00 bits per heavy atom. The largest absolute Gasteiger partial charge is 0.266 e. The molecular weight excluding hydrogens is 457 g/mol. The van der Waals surface area contributed by atoms with Crippen molar-refractivity contribution in [3.8, 4) is 5.69 Å². The number of hydrogen-bond acceptors (Lipinski definition) is 4. The number of anilines is 1. The van der Waals surface area contributed by atoms with Gasteiger partial charge in [-0.1, -0.05) is 47.5 Å². The van der Waals surface area contributed by atoms with Gasteiger partial charge in [0.15, 0.2) is 5.82 Å². The third kappa shape index (κ3) is 4.46. The second-order valence-corrected chi connectivity index (χ2v) is 9.45. The van der Waals surface area contributed by atoms with Crippen molar-refractivity contribution in [2.75, 3.05) is 4.72 Å². The number of hydrogen-bond donors (Lipinski definition) is 1. The Balaban J connectivity index is 1.58. The second-order valence-electron chi connectivity index (χ2n) is 6.99. The van der Waals surface area contributed by atoms with Gasteiger partial charge in [0.2, 0.25) is 0 Å². The van der Waals surface area contributed by atoms with E-state index in [1.54, 1.807) is 53.7 Å². The Bertz CT molecular complexity index is 1350. The molecule has 0 aliphatic rings. The van der Waals surface area contributed by atoms with Crippen molar-refractivity contribution in [1.29, 1.82) is 0 Å². The van der Waals surface area contributed by atoms with Crippen LogP contribution in [0.25, 0.3) is 5.69 Å². The molecule has 1 N–H and O–H groups in total. The van der Waals surface area contributed by atoms with Crippen LogP contribution >= 0.6 is 23.2 Å². The summed E-state index contributed by atoms with van der Waals surface area (Å²) in [4.78, 5) is 0.131. The number of sulfonamides is 1. The van der Waals surface area contributed by atoms with Gasteiger partial charge in [-0.25, -0.2) is 13.1 Å². The number of aryl methyl sites for hydroxylation is 1. The predicted molar refractivity (Wildman–Crippen MR) is 122 cm³/mol. The van der Waals surface area contributed by atoms with Crippen LogP contribution in [0.15, 0.2) is 65.7 Å². The molecule has 4 aromatic rings. The molecule has 0 amide bonds. The molecule has 4 rings (SSSR count). The lowest BCUT2D eigenvalue weighted by atomic mass is 10.2. The van der Waals surface area contributed by atoms with E-state index in [4.69, 9.17) is 23.2 Å². The first-order valence-corrected chi connectivity index (χ1v) is 11.6. The molecular formula is C21H19Cl2N5O2S. The van der Waals surface area contributed by atoms with E-state index in [0.29, 0.717) is 28.0 Å². The van der Waals surface area contributed by atoms with Gasteiger partial charge in [0, 0.05) is 22.3 Å². The molecule has 0 aliphatic carbocycles. The standard InChI is InChI=1S/C21H19Cl2N5O2S/c1-14-21(15(2)28(24-14)18-6-4-3-5-7-18)31(29,30)26-20-10-11-27(25-20)13-16-8-9-17(22)12-19(16)23/h3-12H,13H2,1-2H3,(H,25,26). The van der Waals surface area contributed by atoms with Gasteiger partial charge in [0.1, 0.15) is 4.90 Å². The van der Waals surface area contributed by atoms with Gasteiger partial charge in [-0.2, -0.15) is 10.2 Å². The number of nitrogens with zero attached hydrogens (tertiary/aromatic N) is 4. The van der Waals surface area contributed by atoms with E-state index in [1.165, 1.54) is 0 Å². The highest BCUT2D eigenvalue weighted by Crippen LogP contribution is 2.25. The molecule has 0 atom stereocenters. The van der Waals surface area contributed by atoms with Crippen LogP contribution in [0.4, 0.5) is 5.82 Å². The molecule has 7 nitrogen and oxygen atoms in total. The maximum absolute atomic E-state index is 13.1. The fraction of sp³-hybridized carbons (Fsp3) is 0.143. The van der Waals surface area contributed by atoms with Crippen LogP contribution in [0.5, 0.6) is 0 Å². The Morgan fingerprint density at radius 2 is 1.74 bits per heavy atom. The smallest absolute Gasteiger partial charge is 0.266 e. The SMILES string of the molecule is Cc1nn(-c2ccccc2)c(C)c1S(=O)(=O)Nc1ccn(Cc2ccc(Cl)cc2Cl)n1. The molecule has 0 radical (unpaired) electrons. The molecule has 10 heteroatoms. The van der Waals surface area contributed by atoms with Gasteiger partial charge in [0.05, 0.1) is 23.6 Å². The third-order valence-electron chi connectivity index (χ3n) is 4.72. The molecule has 0 aliphatic heterocycles. The highest BCUT2D eigenvalue weighted by atomic mass is 35.5. The minimum Gasteiger partial charge on any atom is -0.266 e. The maximum atomic E-state index is 13.1. The lowest BCUT2D eigenvalue weighted by Crippen LogP contribution is -2.15. The minimum atomic E-state index is -3.89. The average molecular weight is 476 g/mol. The molecule has 2 heterocycles. The molecule has 0 bridgehead atoms. The van der Waals surface area contributed by atoms with Gasteiger partial charge in [-0.15, -0.1) is 0 Å². The molecule has 0 saturated carbocycles. The van der Waals surface area contributed by atoms with E-state index in [-0.39, 0.29) is 10.7 Å². The van der Waals surface area contributed by atoms with Gasteiger partial charge in [-0.3, -0.25) is 9.40 Å². The molecule has 160 valence electrons. The summed E-state index contributed by atoms with van der Waals surface area (Å²) in [5.74, 6) is 0.205. The van der Waals surface area contributed by atoms with Gasteiger partial charge < -0.3 is 0 Å². The number of benzene rings is 2. The van der Waals surface area contributed by atoms with Crippen LogP contribution in [0.2, 0.25) is 10.0 Å². The summed E-state index contributed by atoms with van der Waals surface area (Å²) in [5.41, 5.74) is 2.53. The van der Waals surface area contributed by atoms with Crippen LogP contribution in [0, 0.1) is 13.8 Å². The Kier molecular flexibility index (Phi) is 5.79. The quantitative estimate of drug-likeness (QED) is 0.432. The summed E-state index contributed by atoms with van der Waals surface area (Å²) >= 11 is 12.1. The molecule has 0 saturated heterocycles. The molecule has 31 heavy (non-hydrogen) atoms. The lowest BCUT2D eigenvalue weighted by molar-refractivity contribution is 0.599. The second kappa shape index (κ2) is 8.37. The van der Waals surface area contributed by atoms with E-state index in [9.17, 15) is 8.42 Å². The van der Waals surface area contributed by atoms with E-state index < -0.39 is 10.0 Å². The summed E-state index contributed by atoms with van der Waals surface area (Å²) in [6.07, 6.45) is 1.68. The number of halogens is 2. The van der Waals surface area contributed by atoms with Crippen LogP contribution in [0.1, 0.15) is 17.0 Å². The van der Waals surface area contributed by atoms with Gasteiger partial charge in [0.25, 0.3) is 10.0 Å². The van der Waals surface area contributed by atoms with Crippen LogP contribution in [-0.4, -0.2) is 28.0 Å². The Hall–Kier alpha value is -2.81. The molecule has 0 fully saturated rings. The fourth-order valence-electron chi connectivity index (χ4n) is 3.36. The normalized spacial score (nSPS) is 11.6. The number of nitrogens with one attached hydrogen (secondary N) is 1. The highest BCUT2D eigenvalue weighted by Gasteiger charge is 2.26. The van der Waals surface area contributed by atoms with Crippen LogP contribution < -0.4 is 4.72 Å². The summed E-state index contributed by atoms with van der Waals surface area (Å²) in [7, 11) is -3.89. The summed E-state index contributed by atoms with van der Waals surface area (Å²) in [5, 5.41) is 9.79. The first kappa shape index (κ1) is 21.4. The first-order chi connectivity index (χ1) is 14.7. The van der Waals surface area contributed by atoms with E-state index >= 15 is 0 Å². The Labute approximate surface area is 190 Å². The lowest BCUT2D eigenvalue weighted by Gasteiger charge is -2.08. The summed E-state index contributed by atoms with van der Waals surface area (Å²) in [6, 6.07) is 16.2. The molecule has 0 spiro atoms. The minimum absolute atomic E-state index is 0.131. The van der Waals surface area contributed by atoms with E-state index in [0.717, 1.165) is 11.3 Å². The summed E-state index contributed by atoms with van der Waals surface area (Å²) in [6.45, 7) is 3.77. The van der Waals surface area contributed by atoms with Crippen molar-refractivity contribution in [3.05, 3.63) is 87.8 Å². The molecule has 2 aromatic heterocycles. The number of aromatic nitrogens is 4. The van der Waals surface area contributed by atoms with Crippen molar-refractivity contribution >= 4 is 39.0 Å². The zero-order chi connectivity index (χ0) is 22.2. The van der Waals surface area contributed by atoms with Crippen molar-refractivity contribution < 1.29 is 8.42 Å². The average Bonchev–Trinajstić information content (AvgIpc) is 3.27. The fourth-order valence-corrected chi connectivity index (χ4v) is 5.21. The Morgan fingerprint density at radius 3 is 2.45 bits per heavy atom. The van der Waals surface area contributed by atoms with Crippen LogP contribution in [0.3, 0.4) is 0 Å². The monoisotopic (exact) mass is 475 g/mol. The van der Waals surface area contributed by atoms with Crippen molar-refractivity contribution in [3.63, 3.8) is 0 Å². The zero-order valence-corrected chi connectivity index (χ0v) is 19.1. The number of rotatable bonds is 6.